The van der Waals surface area contributed by atoms with Crippen LogP contribution in [0.4, 0.5) is 0 Å². The first-order valence-electron chi connectivity index (χ1n) is 11.0. The van der Waals surface area contributed by atoms with Crippen LogP contribution < -0.4 is 0 Å². The first kappa shape index (κ1) is 22.7. The van der Waals surface area contributed by atoms with Gasteiger partial charge in [-0.15, -0.1) is 0 Å². The molecule has 0 saturated heterocycles. The van der Waals surface area contributed by atoms with E-state index in [1.165, 1.54) is 17.6 Å². The molecule has 166 valence electrons. The van der Waals surface area contributed by atoms with Gasteiger partial charge in [-0.3, -0.25) is 14.4 Å². The third kappa shape index (κ3) is 3.53. The lowest BCUT2D eigenvalue weighted by Gasteiger charge is -2.55. The summed E-state index contributed by atoms with van der Waals surface area (Å²) in [5.41, 5.74) is 2.20. The van der Waals surface area contributed by atoms with Crippen molar-refractivity contribution < 1.29 is 24.2 Å². The van der Waals surface area contributed by atoms with E-state index in [2.05, 4.69) is 6.92 Å². The molecule has 3 aliphatic rings. The molecule has 1 N–H and O–H groups in total. The van der Waals surface area contributed by atoms with E-state index in [4.69, 9.17) is 9.84 Å². The molecule has 0 spiro atoms. The number of allylic oxidation sites excluding steroid dienone is 3. The van der Waals surface area contributed by atoms with Gasteiger partial charge in [-0.05, 0) is 43.9 Å². The maximum absolute atomic E-state index is 13.3. The molecule has 4 atom stereocenters. The Balaban J connectivity index is 1.98. The topological polar surface area (TPSA) is 83.9 Å². The van der Waals surface area contributed by atoms with Crippen LogP contribution in [0, 0.1) is 22.7 Å². The summed E-state index contributed by atoms with van der Waals surface area (Å²) in [7, 11) is 3.10. The maximum atomic E-state index is 13.3. The molecular weight excluding hydrogens is 382 g/mol. The van der Waals surface area contributed by atoms with Crippen molar-refractivity contribution in [2.45, 2.75) is 59.3 Å². The van der Waals surface area contributed by atoms with E-state index >= 15 is 0 Å². The summed E-state index contributed by atoms with van der Waals surface area (Å²) < 4.78 is 5.15. The van der Waals surface area contributed by atoms with E-state index < -0.39 is 5.41 Å². The molecule has 1 fully saturated rings. The third-order valence-electron chi connectivity index (χ3n) is 8.06. The fourth-order valence-corrected chi connectivity index (χ4v) is 6.26. The lowest BCUT2D eigenvalue weighted by molar-refractivity contribution is -0.163. The number of carbonyl (C=O) groups excluding carboxylic acids is 3. The largest absolute Gasteiger partial charge is 0.469 e. The first-order chi connectivity index (χ1) is 14.1. The number of rotatable bonds is 4. The SMILES string of the molecule is COC(=O)[C@@]1(C)CCC[C@]2(C)C3=C(C(=O)C[C@@H]12)[C@@H](C)/C(=C/C(=O)N(C)CCO)CC3. The number of amides is 1. The average Bonchev–Trinajstić information content (AvgIpc) is 2.70. The van der Waals surface area contributed by atoms with E-state index in [1.807, 2.05) is 13.8 Å². The number of ether oxygens (including phenoxy) is 1. The quantitative estimate of drug-likeness (QED) is 0.561. The number of carbonyl (C=O) groups is 3. The van der Waals surface area contributed by atoms with Crippen LogP contribution in [0.5, 0.6) is 0 Å². The predicted octanol–water partition coefficient (Wildman–Crippen LogP) is 3.05. The Bertz CT molecular complexity index is 812. The second-order valence-corrected chi connectivity index (χ2v) is 9.68. The second-order valence-electron chi connectivity index (χ2n) is 9.68. The van der Waals surface area contributed by atoms with Gasteiger partial charge in [-0.25, -0.2) is 0 Å². The molecule has 1 saturated carbocycles. The number of ketones is 1. The summed E-state index contributed by atoms with van der Waals surface area (Å²) in [6.45, 7) is 6.42. The number of aliphatic hydroxyl groups is 1. The minimum atomic E-state index is -0.641. The van der Waals surface area contributed by atoms with Crippen molar-refractivity contribution in [1.82, 2.24) is 4.90 Å². The number of likely N-dealkylation sites (N-methyl/N-ethyl adjacent to an activating group) is 1. The van der Waals surface area contributed by atoms with Crippen molar-refractivity contribution in [3.8, 4) is 0 Å². The van der Waals surface area contributed by atoms with Crippen molar-refractivity contribution in [3.05, 3.63) is 22.8 Å². The number of hydrogen-bond donors (Lipinski definition) is 1. The van der Waals surface area contributed by atoms with Crippen LogP contribution >= 0.6 is 0 Å². The maximum Gasteiger partial charge on any atom is 0.311 e. The molecular formula is C24H35NO5. The summed E-state index contributed by atoms with van der Waals surface area (Å²) in [5, 5.41) is 9.07. The van der Waals surface area contributed by atoms with Crippen LogP contribution in [0.2, 0.25) is 0 Å². The van der Waals surface area contributed by atoms with Gasteiger partial charge in [0.1, 0.15) is 0 Å². The van der Waals surface area contributed by atoms with Gasteiger partial charge in [-0.1, -0.05) is 31.4 Å². The molecule has 0 aromatic heterocycles. The van der Waals surface area contributed by atoms with E-state index in [-0.39, 0.29) is 48.1 Å². The summed E-state index contributed by atoms with van der Waals surface area (Å²) >= 11 is 0. The van der Waals surface area contributed by atoms with Crippen LogP contribution in [0.1, 0.15) is 59.3 Å². The molecule has 0 unspecified atom stereocenters. The monoisotopic (exact) mass is 417 g/mol. The Morgan fingerprint density at radius 3 is 2.60 bits per heavy atom. The lowest BCUT2D eigenvalue weighted by Crippen LogP contribution is -2.53. The highest BCUT2D eigenvalue weighted by molar-refractivity contribution is 6.00. The highest BCUT2D eigenvalue weighted by atomic mass is 16.5. The summed E-state index contributed by atoms with van der Waals surface area (Å²) in [5.74, 6) is -0.390. The fourth-order valence-electron chi connectivity index (χ4n) is 6.26. The average molecular weight is 418 g/mol. The zero-order chi connectivity index (χ0) is 22.3. The first-order valence-corrected chi connectivity index (χ1v) is 11.0. The van der Waals surface area contributed by atoms with Crippen LogP contribution in [0.15, 0.2) is 22.8 Å². The second kappa shape index (κ2) is 8.29. The Morgan fingerprint density at radius 2 is 1.97 bits per heavy atom. The highest BCUT2D eigenvalue weighted by Crippen LogP contribution is 2.62. The van der Waals surface area contributed by atoms with Gasteiger partial charge in [0.05, 0.1) is 19.1 Å². The van der Waals surface area contributed by atoms with E-state index in [0.717, 1.165) is 43.3 Å². The van der Waals surface area contributed by atoms with E-state index in [9.17, 15) is 14.4 Å². The van der Waals surface area contributed by atoms with Gasteiger partial charge in [0.2, 0.25) is 5.91 Å². The molecule has 30 heavy (non-hydrogen) atoms. The Labute approximate surface area is 179 Å². The van der Waals surface area contributed by atoms with Crippen LogP contribution in [-0.4, -0.2) is 55.0 Å². The highest BCUT2D eigenvalue weighted by Gasteiger charge is 2.58. The molecule has 0 aliphatic heterocycles. The molecule has 3 rings (SSSR count). The van der Waals surface area contributed by atoms with Gasteiger partial charge in [0.25, 0.3) is 0 Å². The Hall–Kier alpha value is -1.95. The number of esters is 1. The summed E-state index contributed by atoms with van der Waals surface area (Å²) in [6, 6.07) is 0. The van der Waals surface area contributed by atoms with Gasteiger partial charge in [0.15, 0.2) is 5.78 Å². The van der Waals surface area contributed by atoms with Gasteiger partial charge >= 0.3 is 5.97 Å². The van der Waals surface area contributed by atoms with Gasteiger partial charge < -0.3 is 14.7 Å². The number of methoxy groups -OCH3 is 1. The molecule has 1 amide bonds. The molecule has 0 radical (unpaired) electrons. The molecule has 0 heterocycles. The minimum Gasteiger partial charge on any atom is -0.469 e. The Kier molecular flexibility index (Phi) is 6.28. The number of fused-ring (bicyclic) bond motifs is 2. The van der Waals surface area contributed by atoms with Gasteiger partial charge in [0, 0.05) is 37.6 Å². The standard InChI is InChI=1S/C24H35NO5/c1-15-16(13-20(28)25(4)11-12-26)7-8-17-21(15)18(27)14-19-23(17,2)9-6-10-24(19,3)22(29)30-5/h13,15,19,26H,6-12,14H2,1-5H3/b16-13+/t15-,19+,23+,24-/m0/s1. The van der Waals surface area contributed by atoms with Crippen molar-refractivity contribution in [2.75, 3.05) is 27.3 Å². The van der Waals surface area contributed by atoms with Crippen molar-refractivity contribution in [3.63, 3.8) is 0 Å². The minimum absolute atomic E-state index is 0.0486. The van der Waals surface area contributed by atoms with Crippen molar-refractivity contribution in [2.24, 2.45) is 22.7 Å². The number of aliphatic hydroxyl groups excluding tert-OH is 1. The summed E-state index contributed by atoms with van der Waals surface area (Å²) in [4.78, 5) is 40.0. The fraction of sp³-hybridized carbons (Fsp3) is 0.708. The van der Waals surface area contributed by atoms with Crippen molar-refractivity contribution >= 4 is 17.7 Å². The lowest BCUT2D eigenvalue weighted by atomic mass is 9.47. The van der Waals surface area contributed by atoms with Crippen LogP contribution in [0.25, 0.3) is 0 Å². The van der Waals surface area contributed by atoms with E-state index in [0.29, 0.717) is 6.42 Å². The van der Waals surface area contributed by atoms with Crippen molar-refractivity contribution in [1.29, 1.82) is 0 Å². The zero-order valence-electron chi connectivity index (χ0n) is 18.9. The third-order valence-corrected chi connectivity index (χ3v) is 8.06. The normalized spacial score (nSPS) is 35.0. The van der Waals surface area contributed by atoms with Crippen LogP contribution in [-0.2, 0) is 19.1 Å². The zero-order valence-corrected chi connectivity index (χ0v) is 18.9. The smallest absolute Gasteiger partial charge is 0.311 e. The molecule has 6 heteroatoms. The molecule has 3 aliphatic carbocycles. The number of nitrogens with zero attached hydrogens (tertiary/aromatic N) is 1. The molecule has 0 bridgehead atoms. The predicted molar refractivity (Wildman–Crippen MR) is 113 cm³/mol. The van der Waals surface area contributed by atoms with Gasteiger partial charge in [-0.2, -0.15) is 0 Å². The number of hydrogen-bond acceptors (Lipinski definition) is 5. The Morgan fingerprint density at radius 1 is 1.27 bits per heavy atom. The molecule has 0 aromatic rings. The summed E-state index contributed by atoms with van der Waals surface area (Å²) in [6.07, 6.45) is 6.15. The number of Topliss-reactive ketones (excluding diaryl/α,β-unsaturated/α-hetero) is 1. The molecule has 6 nitrogen and oxygen atoms in total. The van der Waals surface area contributed by atoms with Crippen LogP contribution in [0.3, 0.4) is 0 Å². The van der Waals surface area contributed by atoms with E-state index in [1.54, 1.807) is 13.1 Å². The molecule has 0 aromatic carbocycles.